The first-order chi connectivity index (χ1) is 9.60. The van der Waals surface area contributed by atoms with E-state index >= 15 is 0 Å². The molecule has 1 amide bonds. The molecule has 6 heteroatoms. The average Bonchev–Trinajstić information content (AvgIpc) is 2.47. The largest absolute Gasteiger partial charge is 0.465 e. The van der Waals surface area contributed by atoms with Crippen LogP contribution in [0, 0.1) is 0 Å². The van der Waals surface area contributed by atoms with E-state index in [4.69, 9.17) is 11.6 Å². The molecule has 1 heterocycles. The van der Waals surface area contributed by atoms with E-state index in [2.05, 4.69) is 15.0 Å². The summed E-state index contributed by atoms with van der Waals surface area (Å²) in [4.78, 5) is 27.1. The third kappa shape index (κ3) is 3.33. The van der Waals surface area contributed by atoms with Crippen molar-refractivity contribution in [1.82, 2.24) is 4.98 Å². The molecule has 0 radical (unpaired) electrons. The summed E-state index contributed by atoms with van der Waals surface area (Å²) in [5.74, 6) is -0.808. The van der Waals surface area contributed by atoms with Crippen molar-refractivity contribution >= 4 is 29.2 Å². The Morgan fingerprint density at radius 1 is 1.15 bits per heavy atom. The second-order valence-corrected chi connectivity index (χ2v) is 4.26. The quantitative estimate of drug-likeness (QED) is 0.697. The molecule has 0 spiro atoms. The van der Waals surface area contributed by atoms with E-state index in [1.807, 2.05) is 0 Å². The molecule has 1 aromatic heterocycles. The second kappa shape index (κ2) is 6.16. The van der Waals surface area contributed by atoms with E-state index in [0.717, 1.165) is 0 Å². The highest BCUT2D eigenvalue weighted by atomic mass is 35.5. The lowest BCUT2D eigenvalue weighted by molar-refractivity contribution is 0.0600. The minimum Gasteiger partial charge on any atom is -0.465 e. The number of carbonyl (C=O) groups excluding carboxylic acids is 2. The summed E-state index contributed by atoms with van der Waals surface area (Å²) in [6, 6.07) is 11.1. The Kier molecular flexibility index (Phi) is 4.32. The highest BCUT2D eigenvalue weighted by Crippen LogP contribution is 2.12. The molecule has 102 valence electrons. The van der Waals surface area contributed by atoms with Crippen molar-refractivity contribution in [2.24, 2.45) is 0 Å². The van der Waals surface area contributed by atoms with Gasteiger partial charge in [-0.15, -0.1) is 0 Å². The van der Waals surface area contributed by atoms with Crippen LogP contribution in [-0.4, -0.2) is 24.0 Å². The predicted molar refractivity (Wildman–Crippen MR) is 75.0 cm³/mol. The summed E-state index contributed by atoms with van der Waals surface area (Å²) in [5, 5.41) is 2.91. The maximum Gasteiger partial charge on any atom is 0.337 e. The monoisotopic (exact) mass is 290 g/mol. The Bertz CT molecular complexity index is 641. The summed E-state index contributed by atoms with van der Waals surface area (Å²) in [6.45, 7) is 0. The molecule has 0 unspecified atom stereocenters. The van der Waals surface area contributed by atoms with Crippen LogP contribution in [-0.2, 0) is 4.74 Å². The molecule has 0 bridgehead atoms. The van der Waals surface area contributed by atoms with Crippen LogP contribution in [0.4, 0.5) is 5.69 Å². The zero-order valence-electron chi connectivity index (χ0n) is 10.6. The number of anilines is 1. The zero-order chi connectivity index (χ0) is 14.5. The molecule has 0 saturated carbocycles. The van der Waals surface area contributed by atoms with E-state index in [0.29, 0.717) is 11.3 Å². The summed E-state index contributed by atoms with van der Waals surface area (Å²) >= 11 is 5.72. The Labute approximate surface area is 120 Å². The maximum absolute atomic E-state index is 11.9. The standard InChI is InChI=1S/C14H11ClN2O3/c1-20-14(19)9-5-7-10(8-6-9)16-13(18)11-3-2-4-12(15)17-11/h2-8H,1H3,(H,16,18). The minimum absolute atomic E-state index is 0.217. The van der Waals surface area contributed by atoms with Crippen LogP contribution in [0.2, 0.25) is 5.15 Å². The number of aromatic nitrogens is 1. The molecule has 0 fully saturated rings. The highest BCUT2D eigenvalue weighted by Gasteiger charge is 2.09. The lowest BCUT2D eigenvalue weighted by Gasteiger charge is -2.05. The molecule has 20 heavy (non-hydrogen) atoms. The molecule has 0 aliphatic rings. The van der Waals surface area contributed by atoms with Gasteiger partial charge in [0.05, 0.1) is 12.7 Å². The number of benzene rings is 1. The van der Waals surface area contributed by atoms with Crippen molar-refractivity contribution in [3.63, 3.8) is 0 Å². The molecule has 0 aliphatic heterocycles. The number of esters is 1. The number of hydrogen-bond acceptors (Lipinski definition) is 4. The Morgan fingerprint density at radius 3 is 2.45 bits per heavy atom. The molecular weight excluding hydrogens is 280 g/mol. The van der Waals surface area contributed by atoms with Gasteiger partial charge in [-0.2, -0.15) is 0 Å². The topological polar surface area (TPSA) is 68.3 Å². The van der Waals surface area contributed by atoms with Crippen molar-refractivity contribution in [3.8, 4) is 0 Å². The molecule has 0 aliphatic carbocycles. The predicted octanol–water partition coefficient (Wildman–Crippen LogP) is 2.77. The van der Waals surface area contributed by atoms with Gasteiger partial charge in [0, 0.05) is 5.69 Å². The number of methoxy groups -OCH3 is 1. The number of halogens is 1. The fourth-order valence-electron chi connectivity index (χ4n) is 1.54. The SMILES string of the molecule is COC(=O)c1ccc(NC(=O)c2cccc(Cl)n2)cc1. The van der Waals surface area contributed by atoms with Gasteiger partial charge in [0.15, 0.2) is 0 Å². The highest BCUT2D eigenvalue weighted by molar-refractivity contribution is 6.29. The summed E-state index contributed by atoms with van der Waals surface area (Å²) in [5.41, 5.74) is 1.17. The lowest BCUT2D eigenvalue weighted by atomic mass is 10.2. The van der Waals surface area contributed by atoms with Crippen molar-refractivity contribution < 1.29 is 14.3 Å². The van der Waals surface area contributed by atoms with Gasteiger partial charge in [-0.05, 0) is 36.4 Å². The summed E-state index contributed by atoms with van der Waals surface area (Å²) < 4.78 is 4.59. The fourth-order valence-corrected chi connectivity index (χ4v) is 1.70. The van der Waals surface area contributed by atoms with Gasteiger partial charge in [-0.1, -0.05) is 17.7 Å². The molecule has 0 atom stereocenters. The molecular formula is C14H11ClN2O3. The second-order valence-electron chi connectivity index (χ2n) is 3.87. The number of nitrogens with one attached hydrogen (secondary N) is 1. The van der Waals surface area contributed by atoms with Crippen LogP contribution in [0.5, 0.6) is 0 Å². The lowest BCUT2D eigenvalue weighted by Crippen LogP contribution is -2.13. The minimum atomic E-state index is -0.431. The van der Waals surface area contributed by atoms with Crippen molar-refractivity contribution in [2.45, 2.75) is 0 Å². The van der Waals surface area contributed by atoms with Gasteiger partial charge in [0.2, 0.25) is 0 Å². The van der Waals surface area contributed by atoms with Crippen LogP contribution in [0.25, 0.3) is 0 Å². The smallest absolute Gasteiger partial charge is 0.337 e. The first-order valence-electron chi connectivity index (χ1n) is 5.72. The van der Waals surface area contributed by atoms with Gasteiger partial charge in [0.1, 0.15) is 10.8 Å². The van der Waals surface area contributed by atoms with Crippen LogP contribution in [0.15, 0.2) is 42.5 Å². The molecule has 1 aromatic carbocycles. The number of amides is 1. The number of rotatable bonds is 3. The van der Waals surface area contributed by atoms with E-state index in [9.17, 15) is 9.59 Å². The number of ether oxygens (including phenoxy) is 1. The average molecular weight is 291 g/mol. The molecule has 0 saturated heterocycles. The number of hydrogen-bond donors (Lipinski definition) is 1. The summed E-state index contributed by atoms with van der Waals surface area (Å²) in [6.07, 6.45) is 0. The maximum atomic E-state index is 11.9. The fraction of sp³-hybridized carbons (Fsp3) is 0.0714. The van der Waals surface area contributed by atoms with Gasteiger partial charge in [-0.25, -0.2) is 9.78 Å². The first-order valence-corrected chi connectivity index (χ1v) is 6.10. The number of nitrogens with zero attached hydrogens (tertiary/aromatic N) is 1. The summed E-state index contributed by atoms with van der Waals surface area (Å²) in [7, 11) is 1.31. The molecule has 5 nitrogen and oxygen atoms in total. The Balaban J connectivity index is 2.10. The van der Waals surface area contributed by atoms with Gasteiger partial charge in [-0.3, -0.25) is 4.79 Å². The Hall–Kier alpha value is -2.40. The van der Waals surface area contributed by atoms with Gasteiger partial charge in [0.25, 0.3) is 5.91 Å². The van der Waals surface area contributed by atoms with E-state index in [1.54, 1.807) is 42.5 Å². The Morgan fingerprint density at radius 2 is 1.85 bits per heavy atom. The van der Waals surface area contributed by atoms with Crippen molar-refractivity contribution in [3.05, 3.63) is 58.9 Å². The normalized spacial score (nSPS) is 9.90. The van der Waals surface area contributed by atoms with E-state index < -0.39 is 5.97 Å². The zero-order valence-corrected chi connectivity index (χ0v) is 11.3. The number of pyridine rings is 1. The van der Waals surface area contributed by atoms with Crippen molar-refractivity contribution in [1.29, 1.82) is 0 Å². The van der Waals surface area contributed by atoms with Crippen LogP contribution >= 0.6 is 11.6 Å². The number of carbonyl (C=O) groups is 2. The third-order valence-corrected chi connectivity index (χ3v) is 2.72. The van der Waals surface area contributed by atoms with E-state index in [1.165, 1.54) is 7.11 Å². The first kappa shape index (κ1) is 14.0. The van der Waals surface area contributed by atoms with Gasteiger partial charge < -0.3 is 10.1 Å². The van der Waals surface area contributed by atoms with E-state index in [-0.39, 0.29) is 16.8 Å². The third-order valence-electron chi connectivity index (χ3n) is 2.51. The van der Waals surface area contributed by atoms with Crippen molar-refractivity contribution in [2.75, 3.05) is 12.4 Å². The van der Waals surface area contributed by atoms with Gasteiger partial charge >= 0.3 is 5.97 Å². The van der Waals surface area contributed by atoms with Crippen LogP contribution in [0.3, 0.4) is 0 Å². The molecule has 1 N–H and O–H groups in total. The molecule has 2 rings (SSSR count). The van der Waals surface area contributed by atoms with Crippen LogP contribution < -0.4 is 5.32 Å². The molecule has 2 aromatic rings. The van der Waals surface area contributed by atoms with Crippen LogP contribution in [0.1, 0.15) is 20.8 Å².